The summed E-state index contributed by atoms with van der Waals surface area (Å²) >= 11 is 0. The average Bonchev–Trinajstić information content (AvgIpc) is 3.60. The first-order valence-corrected chi connectivity index (χ1v) is 17.2. The Balaban J connectivity index is 0.982. The second-order valence-corrected chi connectivity index (χ2v) is 14.1. The fraction of sp³-hybridized carbons (Fsp3) is 0.432. The molecule has 2 aliphatic heterocycles. The predicted molar refractivity (Wildman–Crippen MR) is 186 cm³/mol. The Bertz CT molecular complexity index is 1910. The summed E-state index contributed by atoms with van der Waals surface area (Å²) in [4.78, 5) is 28.2. The highest BCUT2D eigenvalue weighted by atomic mass is 19.3. The molecule has 2 atom stereocenters. The molecule has 0 radical (unpaired) electrons. The molecule has 2 aromatic heterocycles. The maximum Gasteiger partial charge on any atom is 0.267 e. The zero-order valence-corrected chi connectivity index (χ0v) is 28.2. The number of aromatic hydroxyl groups is 1. The Hall–Kier alpha value is -4.91. The van der Waals surface area contributed by atoms with Crippen molar-refractivity contribution in [1.82, 2.24) is 30.2 Å². The van der Waals surface area contributed by atoms with Gasteiger partial charge in [-0.05, 0) is 87.9 Å². The summed E-state index contributed by atoms with van der Waals surface area (Å²) in [7, 11) is 1.77. The van der Waals surface area contributed by atoms with E-state index in [9.17, 15) is 14.7 Å². The van der Waals surface area contributed by atoms with Gasteiger partial charge in [-0.1, -0.05) is 24.3 Å². The number of hydrogen-bond donors (Lipinski definition) is 3. The first-order valence-electron chi connectivity index (χ1n) is 17.2. The van der Waals surface area contributed by atoms with E-state index < -0.39 is 17.4 Å². The number of nitrogens with one attached hydrogen (secondary N) is 1. The third kappa shape index (κ3) is 6.30. The molecule has 1 saturated carbocycles. The number of nitrogens with zero attached hydrogens (tertiary/aromatic N) is 6. The molecule has 4 aromatic rings. The summed E-state index contributed by atoms with van der Waals surface area (Å²) in [6, 6.07) is 16.0. The minimum atomic E-state index is -2.92. The normalized spacial score (nSPS) is 25.6. The molecule has 1 aliphatic carbocycles. The number of nitrogens with two attached hydrogens (primary N) is 1. The van der Waals surface area contributed by atoms with E-state index in [0.717, 1.165) is 31.2 Å². The number of hydrogen-bond acceptors (Lipinski definition) is 9. The molecule has 3 fully saturated rings. The SMILES string of the molecule is CN(c1cccc([C@H]2CCN(C3CCC(n4cc(-c5cc(-c6ccccc6O)nnc5N)cn4)CC3)CC2(F)F)c1)[C@@]1(C)CCC(=O)NC1=O. The highest BCUT2D eigenvalue weighted by Crippen LogP contribution is 2.44. The molecule has 262 valence electrons. The number of carbonyl (C=O) groups is 2. The maximum absolute atomic E-state index is 15.9. The number of phenolic OH excluding ortho intramolecular Hbond substituents is 1. The molecule has 2 saturated heterocycles. The molecule has 11 nitrogen and oxygen atoms in total. The lowest BCUT2D eigenvalue weighted by Gasteiger charge is -2.44. The third-order valence-electron chi connectivity index (χ3n) is 11.1. The number of amides is 2. The molecule has 13 heteroatoms. The smallest absolute Gasteiger partial charge is 0.267 e. The van der Waals surface area contributed by atoms with Crippen molar-refractivity contribution in [1.29, 1.82) is 0 Å². The van der Waals surface area contributed by atoms with Crippen LogP contribution in [-0.4, -0.2) is 79.4 Å². The number of anilines is 2. The predicted octanol–water partition coefficient (Wildman–Crippen LogP) is 5.53. The van der Waals surface area contributed by atoms with Crippen LogP contribution in [0.25, 0.3) is 22.4 Å². The molecule has 0 unspecified atom stereocenters. The Morgan fingerprint density at radius 2 is 1.74 bits per heavy atom. The van der Waals surface area contributed by atoms with Gasteiger partial charge in [-0.2, -0.15) is 5.10 Å². The van der Waals surface area contributed by atoms with Crippen molar-refractivity contribution in [3.8, 4) is 28.1 Å². The zero-order chi connectivity index (χ0) is 35.2. The molecule has 0 spiro atoms. The van der Waals surface area contributed by atoms with Gasteiger partial charge in [0.25, 0.3) is 11.8 Å². The van der Waals surface area contributed by atoms with E-state index in [1.807, 2.05) is 27.9 Å². The van der Waals surface area contributed by atoms with Crippen molar-refractivity contribution in [2.75, 3.05) is 30.8 Å². The number of benzene rings is 2. The summed E-state index contributed by atoms with van der Waals surface area (Å²) in [6.45, 7) is 2.06. The monoisotopic (exact) mass is 684 g/mol. The van der Waals surface area contributed by atoms with Crippen LogP contribution in [0, 0.1) is 0 Å². The van der Waals surface area contributed by atoms with E-state index in [4.69, 9.17) is 5.73 Å². The van der Waals surface area contributed by atoms with Crippen molar-refractivity contribution < 1.29 is 23.5 Å². The highest BCUT2D eigenvalue weighted by Gasteiger charge is 2.48. The molecule has 3 aliphatic rings. The van der Waals surface area contributed by atoms with Gasteiger partial charge in [0.05, 0.1) is 30.4 Å². The number of nitrogen functional groups attached to an aromatic ring is 1. The van der Waals surface area contributed by atoms with Crippen LogP contribution in [0.15, 0.2) is 67.0 Å². The largest absolute Gasteiger partial charge is 0.507 e. The fourth-order valence-electron chi connectivity index (χ4n) is 7.86. The van der Waals surface area contributed by atoms with Gasteiger partial charge in [0, 0.05) is 48.1 Å². The van der Waals surface area contributed by atoms with Gasteiger partial charge in [0.2, 0.25) is 5.91 Å². The van der Waals surface area contributed by atoms with Gasteiger partial charge >= 0.3 is 0 Å². The zero-order valence-electron chi connectivity index (χ0n) is 28.2. The molecule has 0 bridgehead atoms. The van der Waals surface area contributed by atoms with E-state index in [1.165, 1.54) is 0 Å². The minimum absolute atomic E-state index is 0.0687. The molecule has 4 heterocycles. The fourth-order valence-corrected chi connectivity index (χ4v) is 7.86. The van der Waals surface area contributed by atoms with Crippen LogP contribution in [0.1, 0.15) is 69.4 Å². The van der Waals surface area contributed by atoms with Crippen LogP contribution < -0.4 is 16.0 Å². The Morgan fingerprint density at radius 1 is 0.980 bits per heavy atom. The number of piperidine rings is 2. The van der Waals surface area contributed by atoms with E-state index in [1.54, 1.807) is 67.5 Å². The molecule has 50 heavy (non-hydrogen) atoms. The highest BCUT2D eigenvalue weighted by molar-refractivity contribution is 6.04. The number of likely N-dealkylation sites (N-methyl/N-ethyl adjacent to an activating group) is 1. The Kier molecular flexibility index (Phi) is 8.79. The summed E-state index contributed by atoms with van der Waals surface area (Å²) in [5.41, 5.74) is 9.00. The number of para-hydroxylation sites is 1. The van der Waals surface area contributed by atoms with E-state index >= 15 is 8.78 Å². The third-order valence-corrected chi connectivity index (χ3v) is 11.1. The molecular weight excluding hydrogens is 642 g/mol. The van der Waals surface area contributed by atoms with Crippen LogP contribution in [0.3, 0.4) is 0 Å². The average molecular weight is 685 g/mol. The molecule has 4 N–H and O–H groups in total. The second kappa shape index (κ2) is 13.1. The Labute approximate surface area is 289 Å². The van der Waals surface area contributed by atoms with Crippen LogP contribution in [-0.2, 0) is 9.59 Å². The summed E-state index contributed by atoms with van der Waals surface area (Å²) in [6.07, 6.45) is 7.83. The number of carbonyl (C=O) groups excluding carboxylic acids is 2. The molecule has 2 aromatic carbocycles. The first-order chi connectivity index (χ1) is 23.9. The van der Waals surface area contributed by atoms with Crippen molar-refractivity contribution in [2.24, 2.45) is 0 Å². The van der Waals surface area contributed by atoms with Crippen molar-refractivity contribution in [3.05, 3.63) is 72.6 Å². The van der Waals surface area contributed by atoms with Gasteiger partial charge in [0.15, 0.2) is 5.82 Å². The quantitative estimate of drug-likeness (QED) is 0.214. The van der Waals surface area contributed by atoms with E-state index in [0.29, 0.717) is 47.5 Å². The van der Waals surface area contributed by atoms with Crippen molar-refractivity contribution in [2.45, 2.75) is 81.3 Å². The van der Waals surface area contributed by atoms with Crippen molar-refractivity contribution >= 4 is 23.3 Å². The standard InChI is InChI=1S/C37H42F2N8O3/c1-36(16-14-33(49)42-35(36)50)45(2)27-7-5-6-23(18-27)30-15-17-46(22-37(30,38)39)25-10-12-26(13-11-25)47-21-24(20-41-47)29-19-31(43-44-34(29)40)28-8-3-4-9-32(28)48/h3-9,18-21,25-26,30,48H,10-17,22H2,1-2H3,(H2,40,44)(H,42,49,50)/t25?,26?,30-,36+/m1/s1. The van der Waals surface area contributed by atoms with E-state index in [-0.39, 0.29) is 48.4 Å². The number of aromatic nitrogens is 4. The summed E-state index contributed by atoms with van der Waals surface area (Å²) in [5, 5.41) is 25.6. The topological polar surface area (TPSA) is 142 Å². The lowest BCUT2D eigenvalue weighted by atomic mass is 9.83. The molecule has 2 amide bonds. The number of phenols is 1. The van der Waals surface area contributed by atoms with Crippen LogP contribution >= 0.6 is 0 Å². The number of likely N-dealkylation sites (tertiary alicyclic amines) is 1. The number of rotatable bonds is 7. The van der Waals surface area contributed by atoms with Gasteiger partial charge in [-0.15, -0.1) is 10.2 Å². The molecule has 7 rings (SSSR count). The number of alkyl halides is 2. The maximum atomic E-state index is 15.9. The van der Waals surface area contributed by atoms with Crippen LogP contribution in [0.5, 0.6) is 5.75 Å². The van der Waals surface area contributed by atoms with Crippen molar-refractivity contribution in [3.63, 3.8) is 0 Å². The lowest BCUT2D eigenvalue weighted by molar-refractivity contribution is -0.137. The second-order valence-electron chi connectivity index (χ2n) is 14.1. The summed E-state index contributed by atoms with van der Waals surface area (Å²) in [5.74, 6) is -4.16. The molecular formula is C37H42F2N8O3. The lowest BCUT2D eigenvalue weighted by Crippen LogP contribution is -2.60. The van der Waals surface area contributed by atoms with Gasteiger partial charge in [-0.25, -0.2) is 8.78 Å². The van der Waals surface area contributed by atoms with Crippen LogP contribution in [0.2, 0.25) is 0 Å². The van der Waals surface area contributed by atoms with E-state index in [2.05, 4.69) is 20.6 Å². The number of halogens is 2. The summed E-state index contributed by atoms with van der Waals surface area (Å²) < 4.78 is 33.8. The Morgan fingerprint density at radius 3 is 2.48 bits per heavy atom. The van der Waals surface area contributed by atoms with Gasteiger partial charge < -0.3 is 15.7 Å². The van der Waals surface area contributed by atoms with Gasteiger partial charge in [0.1, 0.15) is 11.3 Å². The number of imide groups is 1. The first kappa shape index (κ1) is 33.6. The minimum Gasteiger partial charge on any atom is -0.507 e. The van der Waals surface area contributed by atoms with Crippen LogP contribution in [0.4, 0.5) is 20.3 Å². The van der Waals surface area contributed by atoms with Gasteiger partial charge in [-0.3, -0.25) is 24.5 Å².